The summed E-state index contributed by atoms with van der Waals surface area (Å²) in [5.41, 5.74) is 1.16. The molecule has 0 N–H and O–H groups in total. The van der Waals surface area contributed by atoms with Crippen LogP contribution in [0.1, 0.15) is 6.42 Å². The SMILES string of the molecule is COCC1=CCN(S(=O)(=O)CCCl)CC1. The van der Waals surface area contributed by atoms with Crippen molar-refractivity contribution >= 4 is 21.6 Å². The van der Waals surface area contributed by atoms with E-state index in [4.69, 9.17) is 16.3 Å². The molecule has 88 valence electrons. The molecule has 0 bridgehead atoms. The summed E-state index contributed by atoms with van der Waals surface area (Å²) in [5, 5.41) is 0. The lowest BCUT2D eigenvalue weighted by Crippen LogP contribution is -2.37. The molecule has 0 unspecified atom stereocenters. The fraction of sp³-hybridized carbons (Fsp3) is 0.778. The molecule has 0 saturated carbocycles. The van der Waals surface area contributed by atoms with E-state index in [0.29, 0.717) is 19.7 Å². The van der Waals surface area contributed by atoms with Crippen molar-refractivity contribution in [1.82, 2.24) is 4.31 Å². The van der Waals surface area contributed by atoms with Gasteiger partial charge in [-0.05, 0) is 12.0 Å². The van der Waals surface area contributed by atoms with Crippen molar-refractivity contribution in [3.8, 4) is 0 Å². The quantitative estimate of drug-likeness (QED) is 0.539. The van der Waals surface area contributed by atoms with Crippen LogP contribution in [0.4, 0.5) is 0 Å². The van der Waals surface area contributed by atoms with Crippen LogP contribution in [0.5, 0.6) is 0 Å². The van der Waals surface area contributed by atoms with Crippen molar-refractivity contribution in [2.45, 2.75) is 6.42 Å². The largest absolute Gasteiger partial charge is 0.380 e. The molecule has 1 heterocycles. The number of methoxy groups -OCH3 is 1. The van der Waals surface area contributed by atoms with E-state index in [1.54, 1.807) is 7.11 Å². The predicted octanol–water partition coefficient (Wildman–Crippen LogP) is 0.834. The number of nitrogens with zero attached hydrogens (tertiary/aromatic N) is 1. The zero-order valence-electron chi connectivity index (χ0n) is 8.78. The molecule has 0 fully saturated rings. The highest BCUT2D eigenvalue weighted by molar-refractivity contribution is 7.89. The average Bonchev–Trinajstić information content (AvgIpc) is 2.19. The van der Waals surface area contributed by atoms with E-state index in [0.717, 1.165) is 12.0 Å². The molecular weight excluding hydrogens is 238 g/mol. The van der Waals surface area contributed by atoms with Crippen LogP contribution in [0.15, 0.2) is 11.6 Å². The Bertz CT molecular complexity index is 326. The molecule has 0 saturated heterocycles. The van der Waals surface area contributed by atoms with E-state index in [1.165, 1.54) is 4.31 Å². The van der Waals surface area contributed by atoms with E-state index in [1.807, 2.05) is 6.08 Å². The summed E-state index contributed by atoms with van der Waals surface area (Å²) in [6, 6.07) is 0. The van der Waals surface area contributed by atoms with E-state index in [-0.39, 0.29) is 11.6 Å². The average molecular weight is 254 g/mol. The van der Waals surface area contributed by atoms with E-state index >= 15 is 0 Å². The first-order chi connectivity index (χ1) is 7.10. The molecule has 6 heteroatoms. The Morgan fingerprint density at radius 2 is 2.33 bits per heavy atom. The van der Waals surface area contributed by atoms with Gasteiger partial charge in [-0.2, -0.15) is 4.31 Å². The number of hydrogen-bond acceptors (Lipinski definition) is 3. The molecule has 4 nitrogen and oxygen atoms in total. The van der Waals surface area contributed by atoms with Crippen LogP contribution in [0, 0.1) is 0 Å². The summed E-state index contributed by atoms with van der Waals surface area (Å²) in [7, 11) is -1.52. The summed E-state index contributed by atoms with van der Waals surface area (Å²) < 4.78 is 29.7. The molecule has 0 radical (unpaired) electrons. The molecule has 15 heavy (non-hydrogen) atoms. The molecule has 1 aliphatic rings. The van der Waals surface area contributed by atoms with Crippen LogP contribution in [-0.4, -0.2) is 51.2 Å². The Hall–Kier alpha value is -0.100. The minimum Gasteiger partial charge on any atom is -0.380 e. The van der Waals surface area contributed by atoms with Gasteiger partial charge in [-0.15, -0.1) is 11.6 Å². The highest BCUT2D eigenvalue weighted by Crippen LogP contribution is 2.14. The van der Waals surface area contributed by atoms with E-state index < -0.39 is 10.0 Å². The number of alkyl halides is 1. The van der Waals surface area contributed by atoms with Gasteiger partial charge < -0.3 is 4.74 Å². The first-order valence-corrected chi connectivity index (χ1v) is 6.95. The second-order valence-electron chi connectivity index (χ2n) is 3.41. The zero-order valence-corrected chi connectivity index (χ0v) is 10.4. The van der Waals surface area contributed by atoms with Crippen molar-refractivity contribution in [1.29, 1.82) is 0 Å². The minimum absolute atomic E-state index is 0.0159. The lowest BCUT2D eigenvalue weighted by atomic mass is 10.1. The monoisotopic (exact) mass is 253 g/mol. The molecule has 0 aromatic rings. The van der Waals surface area contributed by atoms with Crippen molar-refractivity contribution in [2.75, 3.05) is 38.4 Å². The predicted molar refractivity (Wildman–Crippen MR) is 60.7 cm³/mol. The molecule has 0 spiro atoms. The topological polar surface area (TPSA) is 46.6 Å². The second-order valence-corrected chi connectivity index (χ2v) is 5.87. The lowest BCUT2D eigenvalue weighted by molar-refractivity contribution is 0.219. The lowest BCUT2D eigenvalue weighted by Gasteiger charge is -2.25. The summed E-state index contributed by atoms with van der Waals surface area (Å²) in [4.78, 5) is 0. The van der Waals surface area contributed by atoms with Gasteiger partial charge in [0, 0.05) is 26.1 Å². The molecule has 1 aliphatic heterocycles. The summed E-state index contributed by atoms with van der Waals surface area (Å²) >= 11 is 5.44. The Labute approximate surface area is 95.9 Å². The number of halogens is 1. The first kappa shape index (κ1) is 13.0. The van der Waals surface area contributed by atoms with Crippen LogP contribution >= 0.6 is 11.6 Å². The number of hydrogen-bond donors (Lipinski definition) is 0. The zero-order chi connectivity index (χ0) is 11.3. The van der Waals surface area contributed by atoms with Crippen molar-refractivity contribution in [3.05, 3.63) is 11.6 Å². The van der Waals surface area contributed by atoms with Gasteiger partial charge in [-0.25, -0.2) is 8.42 Å². The second kappa shape index (κ2) is 5.84. The maximum Gasteiger partial charge on any atom is 0.215 e. The number of rotatable bonds is 5. The smallest absolute Gasteiger partial charge is 0.215 e. The molecular formula is C9H16ClNO3S. The van der Waals surface area contributed by atoms with Gasteiger partial charge in [0.25, 0.3) is 0 Å². The van der Waals surface area contributed by atoms with Crippen LogP contribution in [0.3, 0.4) is 0 Å². The van der Waals surface area contributed by atoms with Gasteiger partial charge in [0.1, 0.15) is 0 Å². The van der Waals surface area contributed by atoms with Gasteiger partial charge in [0.2, 0.25) is 10.0 Å². The van der Waals surface area contributed by atoms with Crippen molar-refractivity contribution < 1.29 is 13.2 Å². The molecule has 0 aliphatic carbocycles. The highest BCUT2D eigenvalue weighted by atomic mass is 35.5. The van der Waals surface area contributed by atoms with Crippen LogP contribution in [-0.2, 0) is 14.8 Å². The van der Waals surface area contributed by atoms with Crippen LogP contribution in [0.2, 0.25) is 0 Å². The maximum absolute atomic E-state index is 11.6. The fourth-order valence-corrected chi connectivity index (χ4v) is 3.20. The van der Waals surface area contributed by atoms with Gasteiger partial charge in [0.15, 0.2) is 0 Å². The fourth-order valence-electron chi connectivity index (χ4n) is 1.49. The van der Waals surface area contributed by atoms with Gasteiger partial charge in [-0.1, -0.05) is 6.08 Å². The molecule has 0 amide bonds. The van der Waals surface area contributed by atoms with E-state index in [2.05, 4.69) is 0 Å². The maximum atomic E-state index is 11.6. The molecule has 0 aromatic heterocycles. The third-order valence-corrected chi connectivity index (χ3v) is 4.58. The highest BCUT2D eigenvalue weighted by Gasteiger charge is 2.23. The summed E-state index contributed by atoms with van der Waals surface area (Å²) in [6.07, 6.45) is 2.66. The molecule has 1 rings (SSSR count). The van der Waals surface area contributed by atoms with Crippen LogP contribution < -0.4 is 0 Å². The first-order valence-electron chi connectivity index (χ1n) is 4.81. The standard InChI is InChI=1S/C9H16ClNO3S/c1-14-8-9-2-5-11(6-3-9)15(12,13)7-4-10/h2H,3-8H2,1H3. The van der Waals surface area contributed by atoms with Crippen molar-refractivity contribution in [2.24, 2.45) is 0 Å². The minimum atomic E-state index is -3.16. The normalized spacial score (nSPS) is 18.9. The third kappa shape index (κ3) is 3.75. The van der Waals surface area contributed by atoms with E-state index in [9.17, 15) is 8.42 Å². The molecule has 0 atom stereocenters. The Balaban J connectivity index is 2.57. The summed E-state index contributed by atoms with van der Waals surface area (Å²) in [6.45, 7) is 1.57. The van der Waals surface area contributed by atoms with Crippen molar-refractivity contribution in [3.63, 3.8) is 0 Å². The molecule has 0 aromatic carbocycles. The van der Waals surface area contributed by atoms with Gasteiger partial charge >= 0.3 is 0 Å². The Morgan fingerprint density at radius 3 is 2.80 bits per heavy atom. The van der Waals surface area contributed by atoms with Gasteiger partial charge in [-0.3, -0.25) is 0 Å². The third-order valence-electron chi connectivity index (χ3n) is 2.32. The Morgan fingerprint density at radius 1 is 1.60 bits per heavy atom. The summed E-state index contributed by atoms with van der Waals surface area (Å²) in [5.74, 6) is 0.162. The van der Waals surface area contributed by atoms with Crippen LogP contribution in [0.25, 0.3) is 0 Å². The number of ether oxygens (including phenoxy) is 1. The number of sulfonamides is 1. The Kier molecular flexibility index (Phi) is 5.05. The van der Waals surface area contributed by atoms with Gasteiger partial charge in [0.05, 0.1) is 12.4 Å².